The predicted molar refractivity (Wildman–Crippen MR) is 121 cm³/mol. The van der Waals surface area contributed by atoms with Crippen molar-refractivity contribution in [2.45, 2.75) is 13.0 Å². The number of aliphatic hydroxyl groups excluding tert-OH is 1. The minimum absolute atomic E-state index is 0.294. The van der Waals surface area contributed by atoms with Gasteiger partial charge in [0.2, 0.25) is 0 Å². The van der Waals surface area contributed by atoms with Gasteiger partial charge in [0.25, 0.3) is 0 Å². The van der Waals surface area contributed by atoms with Crippen LogP contribution in [0, 0.1) is 0 Å². The molecule has 3 rings (SSSR count). The minimum Gasteiger partial charge on any atom is -0.497 e. The molecule has 0 aromatic heterocycles. The van der Waals surface area contributed by atoms with Crippen LogP contribution in [0.2, 0.25) is 0 Å². The number of aliphatic hydroxyl groups is 1. The Hall–Kier alpha value is -2.93. The van der Waals surface area contributed by atoms with Gasteiger partial charge in [-0.15, -0.1) is 0 Å². The van der Waals surface area contributed by atoms with Gasteiger partial charge in [0, 0.05) is 32.7 Å². The number of nitrogens with zero attached hydrogens (tertiary/aromatic N) is 3. The third kappa shape index (κ3) is 5.36. The molecule has 0 amide bonds. The molecule has 1 unspecified atom stereocenters. The molecule has 1 atom stereocenters. The van der Waals surface area contributed by atoms with Crippen molar-refractivity contribution in [2.24, 2.45) is 4.99 Å². The van der Waals surface area contributed by atoms with E-state index in [2.05, 4.69) is 28.1 Å². The molecule has 1 aliphatic heterocycles. The topological polar surface area (TPSA) is 69.6 Å². The Labute approximate surface area is 178 Å². The molecule has 0 bridgehead atoms. The van der Waals surface area contributed by atoms with E-state index in [1.165, 1.54) is 0 Å². The van der Waals surface area contributed by atoms with Crippen LogP contribution in [0.25, 0.3) is 0 Å². The molecule has 2 N–H and O–H groups in total. The van der Waals surface area contributed by atoms with Crippen molar-refractivity contribution in [1.29, 1.82) is 0 Å². The van der Waals surface area contributed by atoms with Crippen LogP contribution in [-0.4, -0.2) is 69.5 Å². The monoisotopic (exact) mass is 412 g/mol. The highest BCUT2D eigenvalue weighted by Gasteiger charge is 2.22. The highest BCUT2D eigenvalue weighted by molar-refractivity contribution is 5.80. The zero-order valence-corrected chi connectivity index (χ0v) is 18.0. The van der Waals surface area contributed by atoms with Crippen molar-refractivity contribution in [1.82, 2.24) is 10.2 Å². The number of anilines is 1. The third-order valence-corrected chi connectivity index (χ3v) is 5.23. The summed E-state index contributed by atoms with van der Waals surface area (Å²) in [5, 5.41) is 13.9. The average Bonchev–Trinajstić information content (AvgIpc) is 2.81. The maximum Gasteiger partial charge on any atom is 0.194 e. The van der Waals surface area contributed by atoms with Gasteiger partial charge in [-0.1, -0.05) is 24.3 Å². The minimum atomic E-state index is -0.677. The lowest BCUT2D eigenvalue weighted by atomic mass is 10.1. The van der Waals surface area contributed by atoms with Crippen LogP contribution in [0.1, 0.15) is 18.6 Å². The van der Waals surface area contributed by atoms with Gasteiger partial charge < -0.3 is 29.7 Å². The third-order valence-electron chi connectivity index (χ3n) is 5.23. The molecule has 2 aromatic rings. The molecule has 1 heterocycles. The maximum atomic E-state index is 10.6. The second kappa shape index (κ2) is 10.7. The molecule has 7 heteroatoms. The Bertz CT molecular complexity index is 835. The summed E-state index contributed by atoms with van der Waals surface area (Å²) in [5.74, 6) is 2.46. The number of aliphatic imine (C=N–C) groups is 1. The smallest absolute Gasteiger partial charge is 0.194 e. The van der Waals surface area contributed by atoms with Crippen LogP contribution < -0.4 is 19.7 Å². The normalized spacial score (nSPS) is 15.7. The number of methoxy groups -OCH3 is 2. The van der Waals surface area contributed by atoms with E-state index in [0.29, 0.717) is 6.54 Å². The Morgan fingerprint density at radius 2 is 1.83 bits per heavy atom. The van der Waals surface area contributed by atoms with Crippen molar-refractivity contribution < 1.29 is 14.6 Å². The van der Waals surface area contributed by atoms with E-state index in [1.807, 2.05) is 42.5 Å². The zero-order valence-electron chi connectivity index (χ0n) is 18.0. The lowest BCUT2D eigenvalue weighted by molar-refractivity contribution is 0.186. The molecule has 1 fully saturated rings. The van der Waals surface area contributed by atoms with Crippen LogP contribution in [0.5, 0.6) is 11.5 Å². The number of hydrogen-bond acceptors (Lipinski definition) is 5. The van der Waals surface area contributed by atoms with Crippen LogP contribution in [-0.2, 0) is 0 Å². The number of nitrogens with one attached hydrogen (secondary N) is 1. The summed E-state index contributed by atoms with van der Waals surface area (Å²) in [6.07, 6.45) is -0.677. The summed E-state index contributed by atoms with van der Waals surface area (Å²) in [6.45, 7) is 6.58. The van der Waals surface area contributed by atoms with E-state index in [0.717, 1.165) is 61.4 Å². The first-order valence-electron chi connectivity index (χ1n) is 10.4. The summed E-state index contributed by atoms with van der Waals surface area (Å²) in [7, 11) is 3.33. The summed E-state index contributed by atoms with van der Waals surface area (Å²) < 4.78 is 10.8. The van der Waals surface area contributed by atoms with Crippen LogP contribution in [0.4, 0.5) is 5.69 Å². The van der Waals surface area contributed by atoms with E-state index in [1.54, 1.807) is 14.2 Å². The Kier molecular flexibility index (Phi) is 7.79. The molecular formula is C23H32N4O3. The SMILES string of the molecule is CCNC(=NCC(O)c1cccc(OC)c1)N1CCN(c2ccccc2OC)CC1. The van der Waals surface area contributed by atoms with Gasteiger partial charge in [0.15, 0.2) is 5.96 Å². The zero-order chi connectivity index (χ0) is 21.3. The fourth-order valence-electron chi connectivity index (χ4n) is 3.60. The molecular weight excluding hydrogens is 380 g/mol. The van der Waals surface area contributed by atoms with E-state index in [-0.39, 0.29) is 0 Å². The van der Waals surface area contributed by atoms with Gasteiger partial charge in [-0.3, -0.25) is 4.99 Å². The highest BCUT2D eigenvalue weighted by atomic mass is 16.5. The van der Waals surface area contributed by atoms with Gasteiger partial charge in [-0.25, -0.2) is 0 Å². The number of benzene rings is 2. The van der Waals surface area contributed by atoms with E-state index < -0.39 is 6.10 Å². The highest BCUT2D eigenvalue weighted by Crippen LogP contribution is 2.28. The molecule has 2 aromatic carbocycles. The van der Waals surface area contributed by atoms with Crippen LogP contribution in [0.15, 0.2) is 53.5 Å². The number of hydrogen-bond donors (Lipinski definition) is 2. The number of ether oxygens (including phenoxy) is 2. The Morgan fingerprint density at radius 1 is 1.07 bits per heavy atom. The lowest BCUT2D eigenvalue weighted by Crippen LogP contribution is -2.52. The quantitative estimate of drug-likeness (QED) is 0.538. The summed E-state index contributed by atoms with van der Waals surface area (Å²) in [4.78, 5) is 9.28. The standard InChI is InChI=1S/C23H32N4O3/c1-4-24-23(25-17-21(28)18-8-7-9-19(16-18)29-2)27-14-12-26(13-15-27)20-10-5-6-11-22(20)30-3/h5-11,16,21,28H,4,12-15,17H2,1-3H3,(H,24,25). The van der Waals surface area contributed by atoms with Crippen molar-refractivity contribution in [3.05, 3.63) is 54.1 Å². The second-order valence-electron chi connectivity index (χ2n) is 7.13. The first kappa shape index (κ1) is 21.8. The Balaban J connectivity index is 1.63. The maximum absolute atomic E-state index is 10.6. The first-order chi connectivity index (χ1) is 14.7. The predicted octanol–water partition coefficient (Wildman–Crippen LogP) is 2.52. The molecule has 0 radical (unpaired) electrons. The molecule has 1 saturated heterocycles. The summed E-state index contributed by atoms with van der Waals surface area (Å²) in [5.41, 5.74) is 1.92. The number of rotatable bonds is 7. The van der Waals surface area contributed by atoms with Gasteiger partial charge in [0.1, 0.15) is 11.5 Å². The van der Waals surface area contributed by atoms with Gasteiger partial charge >= 0.3 is 0 Å². The van der Waals surface area contributed by atoms with Gasteiger partial charge in [-0.05, 0) is 36.8 Å². The average molecular weight is 413 g/mol. The number of para-hydroxylation sites is 2. The molecule has 0 saturated carbocycles. The molecule has 162 valence electrons. The Morgan fingerprint density at radius 3 is 2.53 bits per heavy atom. The summed E-state index contributed by atoms with van der Waals surface area (Å²) >= 11 is 0. The van der Waals surface area contributed by atoms with E-state index >= 15 is 0 Å². The molecule has 0 spiro atoms. The van der Waals surface area contributed by atoms with E-state index in [4.69, 9.17) is 14.5 Å². The van der Waals surface area contributed by atoms with Crippen LogP contribution >= 0.6 is 0 Å². The fraction of sp³-hybridized carbons (Fsp3) is 0.435. The van der Waals surface area contributed by atoms with E-state index in [9.17, 15) is 5.11 Å². The molecule has 30 heavy (non-hydrogen) atoms. The largest absolute Gasteiger partial charge is 0.497 e. The fourth-order valence-corrected chi connectivity index (χ4v) is 3.60. The van der Waals surface area contributed by atoms with Gasteiger partial charge in [-0.2, -0.15) is 0 Å². The number of piperazine rings is 1. The second-order valence-corrected chi connectivity index (χ2v) is 7.13. The van der Waals surface area contributed by atoms with Gasteiger partial charge in [0.05, 0.1) is 32.6 Å². The first-order valence-corrected chi connectivity index (χ1v) is 10.4. The molecule has 7 nitrogen and oxygen atoms in total. The summed E-state index contributed by atoms with van der Waals surface area (Å²) in [6, 6.07) is 15.6. The number of guanidine groups is 1. The molecule has 1 aliphatic rings. The van der Waals surface area contributed by atoms with Crippen molar-refractivity contribution in [3.63, 3.8) is 0 Å². The van der Waals surface area contributed by atoms with Crippen LogP contribution in [0.3, 0.4) is 0 Å². The van der Waals surface area contributed by atoms with Crippen molar-refractivity contribution in [2.75, 3.05) is 58.4 Å². The molecule has 0 aliphatic carbocycles. The van der Waals surface area contributed by atoms with Crippen molar-refractivity contribution >= 4 is 11.6 Å². The lowest BCUT2D eigenvalue weighted by Gasteiger charge is -2.38. The van der Waals surface area contributed by atoms with Crippen molar-refractivity contribution in [3.8, 4) is 11.5 Å².